The molecule has 0 aliphatic carbocycles. The largest absolute Gasteiger partial charge is 0.543 e. The minimum atomic E-state index is -1.64. The number of para-hydroxylation sites is 2. The molecule has 21 heavy (non-hydrogen) atoms. The molecule has 0 saturated heterocycles. The normalized spacial score (nSPS) is 11.8. The van der Waals surface area contributed by atoms with Crippen molar-refractivity contribution in [3.63, 3.8) is 0 Å². The monoisotopic (exact) mass is 299 g/mol. The van der Waals surface area contributed by atoms with E-state index >= 15 is 0 Å². The molecular weight excluding hydrogens is 278 g/mol. The Kier molecular flexibility index (Phi) is 4.85. The van der Waals surface area contributed by atoms with E-state index in [1.54, 1.807) is 6.20 Å². The average Bonchev–Trinajstić information content (AvgIpc) is 2.39. The van der Waals surface area contributed by atoms with Crippen molar-refractivity contribution < 1.29 is 4.43 Å². The Morgan fingerprint density at radius 2 is 1.95 bits per heavy atom. The fraction of sp³-hybridized carbons (Fsp3) is 0.312. The van der Waals surface area contributed by atoms with Crippen LogP contribution in [0.5, 0.6) is 5.75 Å². The number of nitrogens with zero attached hydrogens (tertiary/aromatic N) is 3. The molecule has 0 bridgehead atoms. The Hall–Kier alpha value is -2.01. The fourth-order valence-electron chi connectivity index (χ4n) is 1.80. The first-order chi connectivity index (χ1) is 9.94. The summed E-state index contributed by atoms with van der Waals surface area (Å²) < 4.78 is 6.05. The number of rotatable bonds is 5. The molecule has 0 unspecified atom stereocenters. The van der Waals surface area contributed by atoms with E-state index in [0.717, 1.165) is 23.0 Å². The van der Waals surface area contributed by atoms with E-state index in [4.69, 9.17) is 4.43 Å². The van der Waals surface area contributed by atoms with E-state index < -0.39 is 8.32 Å². The number of aromatic nitrogens is 2. The zero-order chi connectivity index (χ0) is 15.3. The molecule has 1 heterocycles. The molecule has 0 aliphatic heterocycles. The van der Waals surface area contributed by atoms with Crippen molar-refractivity contribution in [1.82, 2.24) is 9.97 Å². The molecule has 0 aliphatic rings. The second kappa shape index (κ2) is 6.63. The highest BCUT2D eigenvalue weighted by Crippen LogP contribution is 2.28. The van der Waals surface area contributed by atoms with Crippen LogP contribution in [-0.4, -0.2) is 24.5 Å². The van der Waals surface area contributed by atoms with Gasteiger partial charge in [-0.1, -0.05) is 12.1 Å². The second-order valence-electron chi connectivity index (χ2n) is 5.81. The molecule has 0 fully saturated rings. The van der Waals surface area contributed by atoms with E-state index in [-0.39, 0.29) is 0 Å². The van der Waals surface area contributed by atoms with Crippen molar-refractivity contribution >= 4 is 20.2 Å². The van der Waals surface area contributed by atoms with Gasteiger partial charge in [0.1, 0.15) is 17.3 Å². The number of hydrogen-bond acceptors (Lipinski definition) is 4. The second-order valence-corrected chi connectivity index (χ2v) is 10.2. The van der Waals surface area contributed by atoms with E-state index in [2.05, 4.69) is 34.6 Å². The SMILES string of the molecule is Cc1ccnc(CC=Nc2ccccc2O[Si](C)(C)C)n1. The molecule has 2 aromatic rings. The molecule has 110 valence electrons. The molecule has 5 heteroatoms. The maximum atomic E-state index is 6.05. The first kappa shape index (κ1) is 15.4. The van der Waals surface area contributed by atoms with Crippen molar-refractivity contribution in [1.29, 1.82) is 0 Å². The molecule has 0 saturated carbocycles. The van der Waals surface area contributed by atoms with Crippen LogP contribution in [-0.2, 0) is 6.42 Å². The van der Waals surface area contributed by atoms with Gasteiger partial charge in [-0.2, -0.15) is 0 Å². The van der Waals surface area contributed by atoms with Crippen molar-refractivity contribution in [3.8, 4) is 5.75 Å². The molecule has 0 atom stereocenters. The fourth-order valence-corrected chi connectivity index (χ4v) is 2.64. The average molecular weight is 299 g/mol. The summed E-state index contributed by atoms with van der Waals surface area (Å²) in [6.45, 7) is 8.44. The van der Waals surface area contributed by atoms with Gasteiger partial charge in [0.15, 0.2) is 0 Å². The van der Waals surface area contributed by atoms with Gasteiger partial charge in [0.05, 0.1) is 0 Å². The Morgan fingerprint density at radius 3 is 2.67 bits per heavy atom. The van der Waals surface area contributed by atoms with Gasteiger partial charge in [-0.3, -0.25) is 4.99 Å². The van der Waals surface area contributed by atoms with Crippen molar-refractivity contribution in [2.45, 2.75) is 33.0 Å². The van der Waals surface area contributed by atoms with Gasteiger partial charge in [0.2, 0.25) is 8.32 Å². The summed E-state index contributed by atoms with van der Waals surface area (Å²) in [6.07, 6.45) is 4.22. The highest BCUT2D eigenvalue weighted by atomic mass is 28.4. The minimum Gasteiger partial charge on any atom is -0.543 e. The predicted octanol–water partition coefficient (Wildman–Crippen LogP) is 3.94. The number of hydrogen-bond donors (Lipinski definition) is 0. The molecule has 2 rings (SSSR count). The number of aliphatic imine (C=N–C) groups is 1. The Balaban J connectivity index is 2.10. The lowest BCUT2D eigenvalue weighted by atomic mass is 10.3. The van der Waals surface area contributed by atoms with Crippen molar-refractivity contribution in [3.05, 3.63) is 48.0 Å². The standard InChI is InChI=1S/C16H21N3OSi/c1-13-9-11-18-16(19-13)10-12-17-14-7-5-6-8-15(14)20-21(2,3)4/h5-9,11-12H,10H2,1-4H3. The van der Waals surface area contributed by atoms with Crippen LogP contribution < -0.4 is 4.43 Å². The van der Waals surface area contributed by atoms with Crippen LogP contribution in [0, 0.1) is 6.92 Å². The lowest BCUT2D eigenvalue weighted by Crippen LogP contribution is -2.29. The van der Waals surface area contributed by atoms with Crippen LogP contribution in [0.3, 0.4) is 0 Å². The predicted molar refractivity (Wildman–Crippen MR) is 89.0 cm³/mol. The maximum absolute atomic E-state index is 6.05. The number of aryl methyl sites for hydroxylation is 1. The highest BCUT2D eigenvalue weighted by Gasteiger charge is 2.17. The number of benzene rings is 1. The van der Waals surface area contributed by atoms with Crippen LogP contribution in [0.25, 0.3) is 0 Å². The van der Waals surface area contributed by atoms with Gasteiger partial charge in [-0.25, -0.2) is 9.97 Å². The molecule has 1 aromatic carbocycles. The third kappa shape index (κ3) is 5.11. The van der Waals surface area contributed by atoms with Gasteiger partial charge in [-0.05, 0) is 44.8 Å². The third-order valence-corrected chi connectivity index (χ3v) is 3.46. The van der Waals surface area contributed by atoms with Crippen LogP contribution in [0.4, 0.5) is 5.69 Å². The lowest BCUT2D eigenvalue weighted by Gasteiger charge is -2.20. The van der Waals surface area contributed by atoms with Gasteiger partial charge >= 0.3 is 0 Å². The van der Waals surface area contributed by atoms with Gasteiger partial charge in [-0.15, -0.1) is 0 Å². The Morgan fingerprint density at radius 1 is 1.19 bits per heavy atom. The highest BCUT2D eigenvalue weighted by molar-refractivity contribution is 6.70. The smallest absolute Gasteiger partial charge is 0.242 e. The summed E-state index contributed by atoms with van der Waals surface area (Å²) in [5, 5.41) is 0. The Labute approximate surface area is 127 Å². The molecular formula is C16H21N3OSi. The summed E-state index contributed by atoms with van der Waals surface area (Å²) >= 11 is 0. The summed E-state index contributed by atoms with van der Waals surface area (Å²) in [4.78, 5) is 13.1. The van der Waals surface area contributed by atoms with Crippen LogP contribution in [0.2, 0.25) is 19.6 Å². The minimum absolute atomic E-state index is 0.614. The van der Waals surface area contributed by atoms with E-state index in [1.165, 1.54) is 0 Å². The third-order valence-electron chi connectivity index (χ3n) is 2.63. The first-order valence-corrected chi connectivity index (χ1v) is 10.4. The topological polar surface area (TPSA) is 47.4 Å². The van der Waals surface area contributed by atoms with Crippen LogP contribution in [0.1, 0.15) is 11.5 Å². The van der Waals surface area contributed by atoms with E-state index in [0.29, 0.717) is 6.42 Å². The molecule has 1 aromatic heterocycles. The van der Waals surface area contributed by atoms with Gasteiger partial charge < -0.3 is 4.43 Å². The van der Waals surface area contributed by atoms with Crippen LogP contribution >= 0.6 is 0 Å². The Bertz CT molecular complexity index is 635. The zero-order valence-corrected chi connectivity index (χ0v) is 14.0. The molecule has 0 N–H and O–H groups in total. The van der Waals surface area contributed by atoms with Crippen molar-refractivity contribution in [2.75, 3.05) is 0 Å². The summed E-state index contributed by atoms with van der Waals surface area (Å²) in [6, 6.07) is 9.75. The zero-order valence-electron chi connectivity index (χ0n) is 13.0. The van der Waals surface area contributed by atoms with E-state index in [1.807, 2.05) is 43.5 Å². The quantitative estimate of drug-likeness (QED) is 0.620. The van der Waals surface area contributed by atoms with Gasteiger partial charge in [0, 0.05) is 24.5 Å². The summed E-state index contributed by atoms with van der Waals surface area (Å²) in [5.74, 6) is 1.63. The summed E-state index contributed by atoms with van der Waals surface area (Å²) in [7, 11) is -1.64. The van der Waals surface area contributed by atoms with Gasteiger partial charge in [0.25, 0.3) is 0 Å². The van der Waals surface area contributed by atoms with Crippen molar-refractivity contribution in [2.24, 2.45) is 4.99 Å². The lowest BCUT2D eigenvalue weighted by molar-refractivity contribution is 0.559. The molecule has 0 amide bonds. The van der Waals surface area contributed by atoms with Crippen LogP contribution in [0.15, 0.2) is 41.5 Å². The molecule has 0 spiro atoms. The maximum Gasteiger partial charge on any atom is 0.242 e. The molecule has 4 nitrogen and oxygen atoms in total. The first-order valence-electron chi connectivity index (χ1n) is 7.03. The summed E-state index contributed by atoms with van der Waals surface area (Å²) in [5.41, 5.74) is 1.82. The molecule has 0 radical (unpaired) electrons. The van der Waals surface area contributed by atoms with E-state index in [9.17, 15) is 0 Å².